The van der Waals surface area contributed by atoms with Crippen LogP contribution in [0, 0.1) is 5.82 Å². The quantitative estimate of drug-likeness (QED) is 0.497. The minimum Gasteiger partial charge on any atom is -0.478 e. The second kappa shape index (κ2) is 11.9. The van der Waals surface area contributed by atoms with Gasteiger partial charge in [-0.25, -0.2) is 9.18 Å². The Morgan fingerprint density at radius 2 is 1.85 bits per heavy atom. The van der Waals surface area contributed by atoms with Crippen LogP contribution in [0.2, 0.25) is 0 Å². The maximum Gasteiger partial charge on any atom is 0.337 e. The van der Waals surface area contributed by atoms with E-state index in [1.807, 2.05) is 13.8 Å². The van der Waals surface area contributed by atoms with Crippen molar-refractivity contribution < 1.29 is 23.8 Å². The molecule has 1 aliphatic heterocycles. The second-order valence-corrected chi connectivity index (χ2v) is 8.97. The molecule has 1 aliphatic rings. The van der Waals surface area contributed by atoms with Gasteiger partial charge in [0.25, 0.3) is 5.91 Å². The summed E-state index contributed by atoms with van der Waals surface area (Å²) in [5, 5.41) is 12.5. The van der Waals surface area contributed by atoms with Gasteiger partial charge in [-0.05, 0) is 82.6 Å². The largest absolute Gasteiger partial charge is 0.478 e. The summed E-state index contributed by atoms with van der Waals surface area (Å²) in [6.45, 7) is 7.33. The van der Waals surface area contributed by atoms with Crippen molar-refractivity contribution in [3.63, 3.8) is 0 Å². The van der Waals surface area contributed by atoms with Crippen molar-refractivity contribution in [1.82, 2.24) is 4.90 Å². The van der Waals surface area contributed by atoms with Crippen LogP contribution in [0.4, 0.5) is 15.8 Å². The van der Waals surface area contributed by atoms with Crippen LogP contribution < -0.4 is 10.2 Å². The Labute approximate surface area is 200 Å². The molecular weight excluding hydrogens is 437 g/mol. The molecule has 2 N–H and O–H groups in total. The Morgan fingerprint density at radius 3 is 2.47 bits per heavy atom. The predicted octanol–water partition coefficient (Wildman–Crippen LogP) is 4.49. The Morgan fingerprint density at radius 1 is 1.18 bits per heavy atom. The van der Waals surface area contributed by atoms with Crippen molar-refractivity contribution >= 4 is 23.3 Å². The number of carboxylic acids is 1. The molecule has 2 aromatic rings. The number of carboxylic acid groups (broad SMARTS) is 1. The number of ether oxygens (including phenoxy) is 1. The molecule has 3 rings (SSSR count). The van der Waals surface area contributed by atoms with Gasteiger partial charge < -0.3 is 25.0 Å². The van der Waals surface area contributed by atoms with E-state index in [1.165, 1.54) is 30.3 Å². The van der Waals surface area contributed by atoms with E-state index in [-0.39, 0.29) is 11.7 Å². The van der Waals surface area contributed by atoms with Crippen molar-refractivity contribution in [2.45, 2.75) is 45.3 Å². The number of piperidine rings is 1. The van der Waals surface area contributed by atoms with Gasteiger partial charge in [0.05, 0.1) is 17.4 Å². The number of rotatable bonds is 10. The van der Waals surface area contributed by atoms with E-state index in [1.54, 1.807) is 12.1 Å². The van der Waals surface area contributed by atoms with Crippen LogP contribution in [0.3, 0.4) is 0 Å². The highest BCUT2D eigenvalue weighted by Crippen LogP contribution is 2.28. The van der Waals surface area contributed by atoms with Gasteiger partial charge >= 0.3 is 5.97 Å². The summed E-state index contributed by atoms with van der Waals surface area (Å²) in [6.07, 6.45) is 3.14. The maximum atomic E-state index is 13.1. The van der Waals surface area contributed by atoms with Gasteiger partial charge in [0, 0.05) is 43.5 Å². The number of hydrogen-bond acceptors (Lipinski definition) is 5. The van der Waals surface area contributed by atoms with Crippen molar-refractivity contribution in [1.29, 1.82) is 0 Å². The van der Waals surface area contributed by atoms with Crippen LogP contribution >= 0.6 is 0 Å². The molecule has 0 aromatic heterocycles. The molecule has 34 heavy (non-hydrogen) atoms. The lowest BCUT2D eigenvalue weighted by Crippen LogP contribution is -2.44. The highest BCUT2D eigenvalue weighted by molar-refractivity contribution is 6.05. The number of amides is 1. The van der Waals surface area contributed by atoms with Gasteiger partial charge in [0.1, 0.15) is 5.82 Å². The number of halogens is 1. The van der Waals surface area contributed by atoms with E-state index in [9.17, 15) is 19.1 Å². The number of nitrogens with zero attached hydrogens (tertiary/aromatic N) is 2. The van der Waals surface area contributed by atoms with E-state index < -0.39 is 17.7 Å². The van der Waals surface area contributed by atoms with Gasteiger partial charge in [0.15, 0.2) is 0 Å². The SMILES string of the molecule is CC(C)OCCCN(C)C1CCN(c2ccc(NC(=O)c3ccc(F)cc3)cc2C(=O)O)CC1. The molecule has 1 saturated heterocycles. The molecule has 1 amide bonds. The molecule has 0 spiro atoms. The number of benzene rings is 2. The fraction of sp³-hybridized carbons (Fsp3) is 0.462. The van der Waals surface area contributed by atoms with Crippen LogP contribution in [0.25, 0.3) is 0 Å². The lowest BCUT2D eigenvalue weighted by Gasteiger charge is -2.38. The standard InChI is InChI=1S/C26H34FN3O4/c1-18(2)34-16-4-13-29(3)22-11-14-30(15-12-22)24-10-9-21(17-23(24)26(32)33)28-25(31)19-5-7-20(27)8-6-19/h5-10,17-18,22H,4,11-16H2,1-3H3,(H,28,31)(H,32,33). The van der Waals surface area contributed by atoms with E-state index in [2.05, 4.69) is 22.2 Å². The lowest BCUT2D eigenvalue weighted by atomic mass is 10.0. The monoisotopic (exact) mass is 471 g/mol. The summed E-state index contributed by atoms with van der Waals surface area (Å²) >= 11 is 0. The number of anilines is 2. The molecule has 7 nitrogen and oxygen atoms in total. The molecule has 0 unspecified atom stereocenters. The third-order valence-corrected chi connectivity index (χ3v) is 6.13. The van der Waals surface area contributed by atoms with Crippen LogP contribution in [0.5, 0.6) is 0 Å². The summed E-state index contributed by atoms with van der Waals surface area (Å²) in [7, 11) is 2.14. The van der Waals surface area contributed by atoms with E-state index in [4.69, 9.17) is 4.74 Å². The minimum absolute atomic E-state index is 0.148. The number of aromatic carboxylic acids is 1. The molecular formula is C26H34FN3O4. The van der Waals surface area contributed by atoms with Crippen molar-refractivity contribution in [2.24, 2.45) is 0 Å². The number of carbonyl (C=O) groups excluding carboxylic acids is 1. The van der Waals surface area contributed by atoms with E-state index >= 15 is 0 Å². The van der Waals surface area contributed by atoms with Crippen molar-refractivity contribution in [3.05, 3.63) is 59.4 Å². The highest BCUT2D eigenvalue weighted by atomic mass is 19.1. The van der Waals surface area contributed by atoms with Gasteiger partial charge in [-0.15, -0.1) is 0 Å². The fourth-order valence-electron chi connectivity index (χ4n) is 4.23. The average Bonchev–Trinajstić information content (AvgIpc) is 2.82. The molecule has 2 aromatic carbocycles. The van der Waals surface area contributed by atoms with Crippen LogP contribution in [0.1, 0.15) is 53.8 Å². The smallest absolute Gasteiger partial charge is 0.337 e. The summed E-state index contributed by atoms with van der Waals surface area (Å²) < 4.78 is 18.7. The molecule has 1 fully saturated rings. The zero-order chi connectivity index (χ0) is 24.7. The van der Waals surface area contributed by atoms with Crippen molar-refractivity contribution in [3.8, 4) is 0 Å². The van der Waals surface area contributed by atoms with Gasteiger partial charge in [-0.2, -0.15) is 0 Å². The molecule has 0 saturated carbocycles. The summed E-state index contributed by atoms with van der Waals surface area (Å²) in [6, 6.07) is 10.6. The first-order chi connectivity index (χ1) is 16.2. The van der Waals surface area contributed by atoms with Crippen LogP contribution in [-0.4, -0.2) is 67.3 Å². The number of hydrogen-bond donors (Lipinski definition) is 2. The molecule has 0 bridgehead atoms. The summed E-state index contributed by atoms with van der Waals surface area (Å²) in [5.41, 5.74) is 1.48. The van der Waals surface area contributed by atoms with E-state index in [0.717, 1.165) is 45.5 Å². The zero-order valence-electron chi connectivity index (χ0n) is 20.1. The Kier molecular flexibility index (Phi) is 9.01. The van der Waals surface area contributed by atoms with Gasteiger partial charge in [-0.3, -0.25) is 4.79 Å². The lowest BCUT2D eigenvalue weighted by molar-refractivity contribution is 0.0682. The van der Waals surface area contributed by atoms with Crippen LogP contribution in [0.15, 0.2) is 42.5 Å². The first-order valence-corrected chi connectivity index (χ1v) is 11.8. The van der Waals surface area contributed by atoms with Gasteiger partial charge in [0.2, 0.25) is 0 Å². The third kappa shape index (κ3) is 7.01. The molecule has 0 atom stereocenters. The zero-order valence-corrected chi connectivity index (χ0v) is 20.1. The molecule has 8 heteroatoms. The normalized spacial score (nSPS) is 14.6. The maximum absolute atomic E-state index is 13.1. The fourth-order valence-corrected chi connectivity index (χ4v) is 4.23. The number of nitrogens with one attached hydrogen (secondary N) is 1. The average molecular weight is 472 g/mol. The Bertz CT molecular complexity index is 973. The first-order valence-electron chi connectivity index (χ1n) is 11.8. The Balaban J connectivity index is 1.60. The topological polar surface area (TPSA) is 82.1 Å². The molecule has 1 heterocycles. The van der Waals surface area contributed by atoms with Crippen molar-refractivity contribution in [2.75, 3.05) is 43.5 Å². The minimum atomic E-state index is -1.04. The molecule has 0 radical (unpaired) electrons. The number of carbonyl (C=O) groups is 2. The third-order valence-electron chi connectivity index (χ3n) is 6.13. The first kappa shape index (κ1) is 25.6. The van der Waals surface area contributed by atoms with Gasteiger partial charge in [-0.1, -0.05) is 0 Å². The second-order valence-electron chi connectivity index (χ2n) is 8.97. The molecule has 0 aliphatic carbocycles. The van der Waals surface area contributed by atoms with E-state index in [0.29, 0.717) is 23.0 Å². The summed E-state index contributed by atoms with van der Waals surface area (Å²) in [5.74, 6) is -1.90. The Hall–Kier alpha value is -2.97. The summed E-state index contributed by atoms with van der Waals surface area (Å²) in [4.78, 5) is 28.9. The van der Waals surface area contributed by atoms with Crippen LogP contribution in [-0.2, 0) is 4.74 Å². The highest BCUT2D eigenvalue weighted by Gasteiger charge is 2.25. The predicted molar refractivity (Wildman–Crippen MR) is 131 cm³/mol. The molecule has 184 valence electrons.